The molecule has 0 saturated carbocycles. The van der Waals surface area contributed by atoms with Crippen molar-refractivity contribution in [2.24, 2.45) is 5.41 Å². The summed E-state index contributed by atoms with van der Waals surface area (Å²) in [6, 6.07) is 17.2. The SMILES string of the molecule is Cc1cccc(C2CCN(CCOc3ccc(-c4c(C)nc(C)c([C@H](OC(C)(C)C)C(=O)O)c4N4CCC(C)(C)CC4)cc3)CC2)c1. The summed E-state index contributed by atoms with van der Waals surface area (Å²) in [7, 11) is 0. The van der Waals surface area contributed by atoms with Crippen LogP contribution >= 0.6 is 0 Å². The van der Waals surface area contributed by atoms with Gasteiger partial charge < -0.3 is 19.5 Å². The van der Waals surface area contributed by atoms with Gasteiger partial charge in [-0.25, -0.2) is 4.79 Å². The van der Waals surface area contributed by atoms with E-state index < -0.39 is 17.7 Å². The van der Waals surface area contributed by atoms with Crippen LogP contribution in [0.25, 0.3) is 11.1 Å². The predicted molar refractivity (Wildman–Crippen MR) is 191 cm³/mol. The molecular weight excluding hydrogens is 586 g/mol. The van der Waals surface area contributed by atoms with E-state index in [4.69, 9.17) is 14.5 Å². The number of aryl methyl sites for hydroxylation is 3. The minimum atomic E-state index is -1.13. The monoisotopic (exact) mass is 641 g/mol. The zero-order valence-corrected chi connectivity index (χ0v) is 29.9. The van der Waals surface area contributed by atoms with Gasteiger partial charge in [0.05, 0.1) is 11.3 Å². The van der Waals surface area contributed by atoms with Gasteiger partial charge in [0, 0.05) is 42.1 Å². The van der Waals surface area contributed by atoms with E-state index in [1.807, 2.05) is 46.8 Å². The number of carbonyl (C=O) groups is 1. The molecule has 2 aromatic carbocycles. The number of anilines is 1. The van der Waals surface area contributed by atoms with Crippen molar-refractivity contribution in [1.82, 2.24) is 9.88 Å². The van der Waals surface area contributed by atoms with Crippen molar-refractivity contribution in [3.8, 4) is 16.9 Å². The van der Waals surface area contributed by atoms with Crippen molar-refractivity contribution in [3.63, 3.8) is 0 Å². The first-order valence-electron chi connectivity index (χ1n) is 17.4. The van der Waals surface area contributed by atoms with Gasteiger partial charge in [-0.1, -0.05) is 55.8 Å². The molecule has 0 unspecified atom stereocenters. The molecule has 5 rings (SSSR count). The molecule has 1 atom stereocenters. The van der Waals surface area contributed by atoms with Crippen LogP contribution in [0.1, 0.15) is 100 Å². The molecule has 254 valence electrons. The third-order valence-electron chi connectivity index (χ3n) is 9.89. The first-order chi connectivity index (χ1) is 22.2. The van der Waals surface area contributed by atoms with E-state index in [0.717, 1.165) is 73.8 Å². The molecule has 0 amide bonds. The molecule has 7 heteroatoms. The Bertz CT molecular complexity index is 1520. The van der Waals surface area contributed by atoms with Crippen molar-refractivity contribution in [3.05, 3.63) is 76.6 Å². The van der Waals surface area contributed by atoms with E-state index in [2.05, 4.69) is 67.0 Å². The molecule has 0 radical (unpaired) electrons. The van der Waals surface area contributed by atoms with Crippen LogP contribution in [0.4, 0.5) is 5.69 Å². The second-order valence-electron chi connectivity index (χ2n) is 15.4. The Morgan fingerprint density at radius 3 is 2.23 bits per heavy atom. The van der Waals surface area contributed by atoms with E-state index in [1.165, 1.54) is 24.0 Å². The zero-order chi connectivity index (χ0) is 33.9. The number of likely N-dealkylation sites (tertiary alicyclic amines) is 1. The van der Waals surface area contributed by atoms with Gasteiger partial charge in [-0.15, -0.1) is 0 Å². The molecule has 1 N–H and O–H groups in total. The van der Waals surface area contributed by atoms with Gasteiger partial charge in [-0.05, 0) is 115 Å². The summed E-state index contributed by atoms with van der Waals surface area (Å²) in [5, 5.41) is 10.4. The molecule has 2 aliphatic heterocycles. The highest BCUT2D eigenvalue weighted by Crippen LogP contribution is 2.45. The van der Waals surface area contributed by atoms with E-state index in [1.54, 1.807) is 0 Å². The lowest BCUT2D eigenvalue weighted by Gasteiger charge is -2.41. The highest BCUT2D eigenvalue weighted by atomic mass is 16.5. The standard InChI is InChI=1S/C40H55N3O4/c1-27-10-9-11-32(26-27)30-16-20-42(21-17-30)24-25-46-33-14-12-31(13-15-33)34-28(2)41-29(3)35(37(38(44)45)47-39(4,5)6)36(34)43-22-18-40(7,8)19-23-43/h9-15,26,30,37H,16-25H2,1-8H3,(H,44,45)/t37-/m0/s1. The number of pyridine rings is 1. The Labute approximate surface area is 282 Å². The first-order valence-corrected chi connectivity index (χ1v) is 17.4. The summed E-state index contributed by atoms with van der Waals surface area (Å²) in [4.78, 5) is 22.6. The number of ether oxygens (including phenoxy) is 2. The Morgan fingerprint density at radius 1 is 0.979 bits per heavy atom. The normalized spacial score (nSPS) is 18.3. The van der Waals surface area contributed by atoms with Crippen LogP contribution in [0.5, 0.6) is 5.75 Å². The van der Waals surface area contributed by atoms with Gasteiger partial charge in [0.2, 0.25) is 0 Å². The summed E-state index contributed by atoms with van der Waals surface area (Å²) in [5.41, 5.74) is 7.56. The Kier molecular flexibility index (Phi) is 10.7. The lowest BCUT2D eigenvalue weighted by Crippen LogP contribution is -2.39. The lowest BCUT2D eigenvalue weighted by molar-refractivity contribution is -0.160. The zero-order valence-electron chi connectivity index (χ0n) is 29.9. The quantitative estimate of drug-likeness (QED) is 0.238. The number of carboxylic acids is 1. The van der Waals surface area contributed by atoms with Crippen LogP contribution in [0.15, 0.2) is 48.5 Å². The third kappa shape index (κ3) is 8.74. The number of aromatic nitrogens is 1. The average Bonchev–Trinajstić information content (AvgIpc) is 3.00. The van der Waals surface area contributed by atoms with E-state index >= 15 is 0 Å². The maximum Gasteiger partial charge on any atom is 0.337 e. The molecule has 0 aliphatic carbocycles. The Hall–Kier alpha value is -3.42. The number of hydrogen-bond acceptors (Lipinski definition) is 6. The third-order valence-corrected chi connectivity index (χ3v) is 9.89. The van der Waals surface area contributed by atoms with Crippen molar-refractivity contribution in [1.29, 1.82) is 0 Å². The molecule has 2 aliphatic rings. The number of benzene rings is 2. The summed E-state index contributed by atoms with van der Waals surface area (Å²) in [6.45, 7) is 21.9. The maximum absolute atomic E-state index is 12.8. The summed E-state index contributed by atoms with van der Waals surface area (Å²) in [6.07, 6.45) is 3.30. The Morgan fingerprint density at radius 2 is 1.64 bits per heavy atom. The van der Waals surface area contributed by atoms with Crippen molar-refractivity contribution in [2.75, 3.05) is 44.2 Å². The second-order valence-corrected chi connectivity index (χ2v) is 15.4. The molecule has 47 heavy (non-hydrogen) atoms. The summed E-state index contributed by atoms with van der Waals surface area (Å²) >= 11 is 0. The lowest BCUT2D eigenvalue weighted by atomic mass is 9.82. The highest BCUT2D eigenvalue weighted by molar-refractivity contribution is 5.88. The number of rotatable bonds is 10. The van der Waals surface area contributed by atoms with Crippen LogP contribution < -0.4 is 9.64 Å². The molecule has 3 heterocycles. The fourth-order valence-corrected chi connectivity index (χ4v) is 7.18. The maximum atomic E-state index is 12.8. The molecule has 2 fully saturated rings. The van der Waals surface area contributed by atoms with Crippen LogP contribution in [0, 0.1) is 26.2 Å². The minimum absolute atomic E-state index is 0.248. The van der Waals surface area contributed by atoms with Crippen molar-refractivity contribution >= 4 is 11.7 Å². The fourth-order valence-electron chi connectivity index (χ4n) is 7.18. The number of nitrogens with zero attached hydrogens (tertiary/aromatic N) is 3. The minimum Gasteiger partial charge on any atom is -0.492 e. The smallest absolute Gasteiger partial charge is 0.337 e. The summed E-state index contributed by atoms with van der Waals surface area (Å²) < 4.78 is 12.5. The molecule has 3 aromatic rings. The van der Waals surface area contributed by atoms with Crippen LogP contribution in [0.2, 0.25) is 0 Å². The molecule has 7 nitrogen and oxygen atoms in total. The highest BCUT2D eigenvalue weighted by Gasteiger charge is 2.36. The first kappa shape index (κ1) is 34.9. The number of piperidine rings is 2. The average molecular weight is 642 g/mol. The van der Waals surface area contributed by atoms with Gasteiger partial charge in [0.15, 0.2) is 6.10 Å². The van der Waals surface area contributed by atoms with Gasteiger partial charge >= 0.3 is 5.97 Å². The van der Waals surface area contributed by atoms with E-state index in [9.17, 15) is 9.90 Å². The molecule has 2 saturated heterocycles. The topological polar surface area (TPSA) is 75.1 Å². The predicted octanol–water partition coefficient (Wildman–Crippen LogP) is 8.50. The van der Waals surface area contributed by atoms with Crippen molar-refractivity contribution < 1.29 is 19.4 Å². The van der Waals surface area contributed by atoms with E-state index in [0.29, 0.717) is 23.8 Å². The van der Waals surface area contributed by atoms with Crippen LogP contribution in [-0.2, 0) is 9.53 Å². The van der Waals surface area contributed by atoms with Crippen LogP contribution in [-0.4, -0.2) is 65.9 Å². The second kappa shape index (κ2) is 14.4. The molecule has 1 aromatic heterocycles. The van der Waals surface area contributed by atoms with Gasteiger partial charge in [-0.2, -0.15) is 0 Å². The van der Waals surface area contributed by atoms with Crippen LogP contribution in [0.3, 0.4) is 0 Å². The number of carboxylic acid groups (broad SMARTS) is 1. The fraction of sp³-hybridized carbons (Fsp3) is 0.550. The number of aliphatic carboxylic acids is 1. The largest absolute Gasteiger partial charge is 0.492 e. The van der Waals surface area contributed by atoms with Crippen molar-refractivity contribution in [2.45, 2.75) is 98.7 Å². The van der Waals surface area contributed by atoms with E-state index in [-0.39, 0.29) is 5.41 Å². The molecule has 0 spiro atoms. The molecular formula is C40H55N3O4. The van der Waals surface area contributed by atoms with Gasteiger partial charge in [-0.3, -0.25) is 9.88 Å². The number of hydrogen-bond donors (Lipinski definition) is 1. The summed E-state index contributed by atoms with van der Waals surface area (Å²) in [5.74, 6) is 0.482. The van der Waals surface area contributed by atoms with Gasteiger partial charge in [0.25, 0.3) is 0 Å². The molecule has 0 bridgehead atoms. The van der Waals surface area contributed by atoms with Gasteiger partial charge in [0.1, 0.15) is 12.4 Å². The Balaban J connectivity index is 1.34.